The van der Waals surface area contributed by atoms with E-state index in [4.69, 9.17) is 10.2 Å². The van der Waals surface area contributed by atoms with E-state index in [2.05, 4.69) is 19.9 Å². The molecule has 1 aliphatic heterocycles. The van der Waals surface area contributed by atoms with Crippen molar-refractivity contribution in [1.29, 1.82) is 0 Å². The molecule has 2 aliphatic rings. The molecule has 2 unspecified atom stereocenters. The lowest BCUT2D eigenvalue weighted by Crippen LogP contribution is -2.61. The summed E-state index contributed by atoms with van der Waals surface area (Å²) in [7, 11) is 0. The first-order valence-electron chi connectivity index (χ1n) is 13.2. The summed E-state index contributed by atoms with van der Waals surface area (Å²) in [6.45, 7) is 1.37. The Morgan fingerprint density at radius 1 is 0.950 bits per heavy atom. The van der Waals surface area contributed by atoms with Crippen molar-refractivity contribution in [3.05, 3.63) is 66.2 Å². The lowest BCUT2D eigenvalue weighted by atomic mass is 9.77. The van der Waals surface area contributed by atoms with E-state index >= 15 is 0 Å². The SMILES string of the molecule is NC1(c2ncc(-c3ccc(OC(F)(F)F)cc3)o2)CCCCC1N[C@H]1CCCN(c2ccc(C(F)(F)F)cc2)C1. The number of nitrogens with one attached hydrogen (secondary N) is 1. The monoisotopic (exact) mass is 568 g/mol. The third-order valence-corrected chi connectivity index (χ3v) is 7.65. The van der Waals surface area contributed by atoms with Gasteiger partial charge in [0.05, 0.1) is 11.8 Å². The predicted octanol–water partition coefficient (Wildman–Crippen LogP) is 6.61. The van der Waals surface area contributed by atoms with Gasteiger partial charge in [0.25, 0.3) is 0 Å². The lowest BCUT2D eigenvalue weighted by Gasteiger charge is -2.43. The number of piperidine rings is 1. The minimum atomic E-state index is -4.77. The largest absolute Gasteiger partial charge is 0.573 e. The van der Waals surface area contributed by atoms with Gasteiger partial charge in [-0.05, 0) is 74.2 Å². The molecular weight excluding hydrogens is 538 g/mol. The number of rotatable bonds is 6. The van der Waals surface area contributed by atoms with Crippen LogP contribution < -0.4 is 20.7 Å². The van der Waals surface area contributed by atoms with Crippen molar-refractivity contribution in [2.75, 3.05) is 18.0 Å². The Hall–Kier alpha value is -3.25. The molecule has 2 heterocycles. The van der Waals surface area contributed by atoms with Crippen molar-refractivity contribution in [1.82, 2.24) is 10.3 Å². The van der Waals surface area contributed by atoms with Gasteiger partial charge in [0.2, 0.25) is 5.89 Å². The highest BCUT2D eigenvalue weighted by atomic mass is 19.4. The fraction of sp³-hybridized carbons (Fsp3) is 0.464. The lowest BCUT2D eigenvalue weighted by molar-refractivity contribution is -0.274. The van der Waals surface area contributed by atoms with Crippen LogP contribution in [0.1, 0.15) is 50.0 Å². The number of halogens is 6. The number of hydrogen-bond acceptors (Lipinski definition) is 6. The van der Waals surface area contributed by atoms with Crippen LogP contribution in [0.4, 0.5) is 32.0 Å². The Morgan fingerprint density at radius 2 is 1.68 bits per heavy atom. The van der Waals surface area contributed by atoms with E-state index in [0.29, 0.717) is 30.2 Å². The second-order valence-electron chi connectivity index (χ2n) is 10.4. The molecule has 0 bridgehead atoms. The van der Waals surface area contributed by atoms with E-state index in [-0.39, 0.29) is 17.8 Å². The predicted molar refractivity (Wildman–Crippen MR) is 137 cm³/mol. The molecule has 0 amide bonds. The van der Waals surface area contributed by atoms with Gasteiger partial charge in [0, 0.05) is 36.4 Å². The number of hydrogen-bond donors (Lipinski definition) is 2. The van der Waals surface area contributed by atoms with Gasteiger partial charge in [-0.2, -0.15) is 13.2 Å². The number of alkyl halides is 6. The average molecular weight is 569 g/mol. The first-order valence-corrected chi connectivity index (χ1v) is 13.2. The van der Waals surface area contributed by atoms with Crippen LogP contribution in [0.2, 0.25) is 0 Å². The van der Waals surface area contributed by atoms with Gasteiger partial charge in [0.15, 0.2) is 5.76 Å². The third kappa shape index (κ3) is 6.38. The smallest absolute Gasteiger partial charge is 0.439 e. The molecule has 0 spiro atoms. The number of benzene rings is 2. The number of nitrogens with zero attached hydrogens (tertiary/aromatic N) is 2. The summed E-state index contributed by atoms with van der Waals surface area (Å²) < 4.78 is 86.3. The summed E-state index contributed by atoms with van der Waals surface area (Å²) in [5.41, 5.74) is 6.66. The van der Waals surface area contributed by atoms with Crippen LogP contribution in [0.15, 0.2) is 59.1 Å². The topological polar surface area (TPSA) is 76.5 Å². The molecule has 216 valence electrons. The quantitative estimate of drug-likeness (QED) is 0.326. The molecule has 12 heteroatoms. The summed E-state index contributed by atoms with van der Waals surface area (Å²) in [5.74, 6) is 0.403. The van der Waals surface area contributed by atoms with Gasteiger partial charge < -0.3 is 25.1 Å². The maximum absolute atomic E-state index is 13.0. The summed E-state index contributed by atoms with van der Waals surface area (Å²) in [4.78, 5) is 6.54. The number of nitrogens with two attached hydrogens (primary N) is 1. The van der Waals surface area contributed by atoms with Crippen molar-refractivity contribution in [3.8, 4) is 17.1 Å². The van der Waals surface area contributed by atoms with Gasteiger partial charge in [-0.3, -0.25) is 0 Å². The Kier molecular flexibility index (Phi) is 7.75. The molecular formula is C28H30F6N4O2. The summed E-state index contributed by atoms with van der Waals surface area (Å²) in [6, 6.07) is 10.5. The maximum Gasteiger partial charge on any atom is 0.573 e. The van der Waals surface area contributed by atoms with Crippen LogP contribution in [0.25, 0.3) is 11.3 Å². The highest BCUT2D eigenvalue weighted by Gasteiger charge is 2.44. The zero-order valence-electron chi connectivity index (χ0n) is 21.6. The van der Waals surface area contributed by atoms with Crippen molar-refractivity contribution in [2.45, 2.75) is 68.7 Å². The van der Waals surface area contributed by atoms with E-state index in [9.17, 15) is 26.3 Å². The number of oxazole rings is 1. The van der Waals surface area contributed by atoms with Gasteiger partial charge in [-0.1, -0.05) is 12.8 Å². The molecule has 5 rings (SSSR count). The molecule has 40 heavy (non-hydrogen) atoms. The average Bonchev–Trinajstić information content (AvgIpc) is 3.41. The minimum absolute atomic E-state index is 0.0673. The Labute approximate surface area is 227 Å². The van der Waals surface area contributed by atoms with Crippen molar-refractivity contribution in [3.63, 3.8) is 0 Å². The molecule has 3 N–H and O–H groups in total. The van der Waals surface area contributed by atoms with Crippen LogP contribution >= 0.6 is 0 Å². The molecule has 0 radical (unpaired) electrons. The molecule has 3 aromatic rings. The highest BCUT2D eigenvalue weighted by molar-refractivity contribution is 5.57. The second kappa shape index (κ2) is 11.0. The van der Waals surface area contributed by atoms with Crippen molar-refractivity contribution in [2.24, 2.45) is 5.73 Å². The summed E-state index contributed by atoms with van der Waals surface area (Å²) in [5, 5.41) is 3.69. The standard InChI is InChI=1S/C28H30F6N4O2/c29-27(30,31)19-8-10-21(11-9-19)38-15-3-4-20(17-38)37-24-5-1-2-14-26(24,35)25-36-16-23(39-25)18-6-12-22(13-7-18)40-28(32,33)34/h6-13,16,20,24,37H,1-5,14-15,17,35H2/t20-,24?,26?/m0/s1. The van der Waals surface area contributed by atoms with Crippen LogP contribution in [0.5, 0.6) is 5.75 Å². The van der Waals surface area contributed by atoms with Crippen LogP contribution in [0.3, 0.4) is 0 Å². The Morgan fingerprint density at radius 3 is 2.35 bits per heavy atom. The van der Waals surface area contributed by atoms with Crippen LogP contribution in [0, 0.1) is 0 Å². The van der Waals surface area contributed by atoms with Crippen LogP contribution in [-0.4, -0.2) is 36.5 Å². The molecule has 2 aromatic carbocycles. The molecule has 6 nitrogen and oxygen atoms in total. The van der Waals surface area contributed by atoms with E-state index in [1.54, 1.807) is 0 Å². The summed E-state index contributed by atoms with van der Waals surface area (Å²) in [6.07, 6.45) is -2.57. The van der Waals surface area contributed by atoms with Gasteiger partial charge in [0.1, 0.15) is 11.3 Å². The molecule has 1 saturated heterocycles. The van der Waals surface area contributed by atoms with E-state index in [1.165, 1.54) is 42.6 Å². The molecule has 2 fully saturated rings. The first-order chi connectivity index (χ1) is 18.9. The zero-order chi connectivity index (χ0) is 28.5. The Balaban J connectivity index is 1.28. The minimum Gasteiger partial charge on any atom is -0.439 e. The van der Waals surface area contributed by atoms with Crippen molar-refractivity contribution >= 4 is 5.69 Å². The Bertz CT molecular complexity index is 1280. The van der Waals surface area contributed by atoms with Gasteiger partial charge in [-0.25, -0.2) is 4.98 Å². The molecule has 1 aliphatic carbocycles. The number of aromatic nitrogens is 1. The van der Waals surface area contributed by atoms with E-state index in [0.717, 1.165) is 56.5 Å². The van der Waals surface area contributed by atoms with E-state index in [1.807, 2.05) is 0 Å². The molecule has 1 saturated carbocycles. The van der Waals surface area contributed by atoms with Crippen LogP contribution in [-0.2, 0) is 11.7 Å². The summed E-state index contributed by atoms with van der Waals surface area (Å²) >= 11 is 0. The fourth-order valence-corrected chi connectivity index (χ4v) is 5.62. The zero-order valence-corrected chi connectivity index (χ0v) is 21.6. The number of ether oxygens (including phenoxy) is 1. The molecule has 1 aromatic heterocycles. The van der Waals surface area contributed by atoms with Gasteiger partial charge >= 0.3 is 12.5 Å². The second-order valence-corrected chi connectivity index (χ2v) is 10.4. The third-order valence-electron chi connectivity index (χ3n) is 7.65. The van der Waals surface area contributed by atoms with Gasteiger partial charge in [-0.15, -0.1) is 13.2 Å². The highest BCUT2D eigenvalue weighted by Crippen LogP contribution is 2.38. The molecule has 3 atom stereocenters. The normalized spacial score (nSPS) is 24.2. The number of anilines is 1. The maximum atomic E-state index is 13.0. The first kappa shape index (κ1) is 28.3. The van der Waals surface area contributed by atoms with E-state index < -0.39 is 23.6 Å². The van der Waals surface area contributed by atoms with Crippen molar-refractivity contribution < 1.29 is 35.5 Å². The fourth-order valence-electron chi connectivity index (χ4n) is 5.62.